The highest BCUT2D eigenvalue weighted by Crippen LogP contribution is 2.22. The van der Waals surface area contributed by atoms with Crippen LogP contribution in [0.2, 0.25) is 0 Å². The van der Waals surface area contributed by atoms with Gasteiger partial charge in [-0.05, 0) is 6.42 Å². The van der Waals surface area contributed by atoms with Crippen LogP contribution in [0.5, 0.6) is 0 Å². The van der Waals surface area contributed by atoms with Crippen molar-refractivity contribution in [2.75, 3.05) is 18.6 Å². The van der Waals surface area contributed by atoms with Crippen LogP contribution in [0.4, 0.5) is 0 Å². The van der Waals surface area contributed by atoms with Crippen molar-refractivity contribution in [3.63, 3.8) is 0 Å². The minimum atomic E-state index is -3.09. The molecule has 82 valence electrons. The van der Waals surface area contributed by atoms with Crippen molar-refractivity contribution in [1.82, 2.24) is 0 Å². The first-order chi connectivity index (χ1) is 6.44. The van der Waals surface area contributed by atoms with E-state index in [4.69, 9.17) is 0 Å². The van der Waals surface area contributed by atoms with E-state index in [1.165, 1.54) is 7.11 Å². The summed E-state index contributed by atoms with van der Waals surface area (Å²) in [5.41, 5.74) is 0. The van der Waals surface area contributed by atoms with Crippen LogP contribution in [0, 0.1) is 5.92 Å². The fourth-order valence-electron chi connectivity index (χ4n) is 1.55. The number of methoxy groups -OCH3 is 1. The monoisotopic (exact) mass is 222 g/mol. The summed E-state index contributed by atoms with van der Waals surface area (Å²) in [4.78, 5) is 10.9. The van der Waals surface area contributed by atoms with Gasteiger partial charge >= 0.3 is 5.97 Å². The van der Waals surface area contributed by atoms with Crippen molar-refractivity contribution in [1.29, 1.82) is 0 Å². The molecule has 0 saturated carbocycles. The summed E-state index contributed by atoms with van der Waals surface area (Å²) in [6, 6.07) is 0. The van der Waals surface area contributed by atoms with E-state index in [-0.39, 0.29) is 24.3 Å². The second-order valence-electron chi connectivity index (χ2n) is 3.51. The van der Waals surface area contributed by atoms with Gasteiger partial charge in [0.25, 0.3) is 0 Å². The molecule has 1 rings (SSSR count). The van der Waals surface area contributed by atoms with Crippen LogP contribution in [0.25, 0.3) is 0 Å². The van der Waals surface area contributed by atoms with E-state index in [1.54, 1.807) is 0 Å². The molecule has 1 heterocycles. The zero-order chi connectivity index (χ0) is 10.8. The number of rotatable bonds is 2. The molecule has 0 aromatic carbocycles. The third kappa shape index (κ3) is 2.95. The minimum Gasteiger partial charge on any atom is -0.469 e. The van der Waals surface area contributed by atoms with E-state index in [0.717, 1.165) is 0 Å². The van der Waals surface area contributed by atoms with Gasteiger partial charge in [0, 0.05) is 5.92 Å². The Morgan fingerprint density at radius 2 is 2.21 bits per heavy atom. The SMILES string of the molecule is COC(=O)C[C@H]1CS(=O)(=O)CC[C@H]1O. The number of esters is 1. The quantitative estimate of drug-likeness (QED) is 0.628. The van der Waals surface area contributed by atoms with Crippen LogP contribution in [-0.2, 0) is 19.4 Å². The summed E-state index contributed by atoms with van der Waals surface area (Å²) in [7, 11) is -1.84. The fourth-order valence-corrected chi connectivity index (χ4v) is 3.31. The van der Waals surface area contributed by atoms with Crippen LogP contribution in [-0.4, -0.2) is 44.2 Å². The molecule has 14 heavy (non-hydrogen) atoms. The number of hydrogen-bond acceptors (Lipinski definition) is 5. The van der Waals surface area contributed by atoms with Gasteiger partial charge in [0.1, 0.15) is 0 Å². The third-order valence-electron chi connectivity index (χ3n) is 2.39. The van der Waals surface area contributed by atoms with Crippen molar-refractivity contribution in [2.24, 2.45) is 5.92 Å². The molecule has 0 radical (unpaired) electrons. The van der Waals surface area contributed by atoms with Gasteiger partial charge in [-0.1, -0.05) is 0 Å². The molecule has 6 heteroatoms. The molecule has 0 aromatic heterocycles. The highest BCUT2D eigenvalue weighted by molar-refractivity contribution is 7.91. The average Bonchev–Trinajstić information content (AvgIpc) is 2.11. The number of ether oxygens (including phenoxy) is 1. The number of sulfone groups is 1. The van der Waals surface area contributed by atoms with Gasteiger partial charge in [0.2, 0.25) is 0 Å². The summed E-state index contributed by atoms with van der Waals surface area (Å²) in [6.07, 6.45) is -0.529. The van der Waals surface area contributed by atoms with Crippen LogP contribution < -0.4 is 0 Å². The van der Waals surface area contributed by atoms with E-state index < -0.39 is 27.8 Å². The Balaban J connectivity index is 2.62. The Kier molecular flexibility index (Phi) is 3.49. The lowest BCUT2D eigenvalue weighted by Gasteiger charge is -2.26. The minimum absolute atomic E-state index is 0.00579. The lowest BCUT2D eigenvalue weighted by molar-refractivity contribution is -0.142. The average molecular weight is 222 g/mol. The van der Waals surface area contributed by atoms with Gasteiger partial charge in [-0.3, -0.25) is 4.79 Å². The van der Waals surface area contributed by atoms with Gasteiger partial charge in [-0.2, -0.15) is 0 Å². The molecule has 0 aromatic rings. The lowest BCUT2D eigenvalue weighted by atomic mass is 9.98. The second-order valence-corrected chi connectivity index (χ2v) is 5.74. The Labute approximate surface area is 83.0 Å². The molecule has 1 aliphatic heterocycles. The first kappa shape index (κ1) is 11.5. The van der Waals surface area contributed by atoms with Crippen molar-refractivity contribution in [3.05, 3.63) is 0 Å². The Hall–Kier alpha value is -0.620. The third-order valence-corrected chi connectivity index (χ3v) is 4.19. The summed E-state index contributed by atoms with van der Waals surface area (Å²) in [5.74, 6) is -1.11. The molecule has 0 spiro atoms. The van der Waals surface area contributed by atoms with E-state index in [2.05, 4.69) is 4.74 Å². The maximum absolute atomic E-state index is 11.2. The lowest BCUT2D eigenvalue weighted by Crippen LogP contribution is -2.37. The zero-order valence-corrected chi connectivity index (χ0v) is 8.79. The summed E-state index contributed by atoms with van der Waals surface area (Å²) >= 11 is 0. The van der Waals surface area contributed by atoms with E-state index in [9.17, 15) is 18.3 Å². The van der Waals surface area contributed by atoms with E-state index in [1.807, 2.05) is 0 Å². The Morgan fingerprint density at radius 1 is 1.57 bits per heavy atom. The molecule has 5 nitrogen and oxygen atoms in total. The molecule has 0 aliphatic carbocycles. The Morgan fingerprint density at radius 3 is 2.79 bits per heavy atom. The number of hydrogen-bond donors (Lipinski definition) is 1. The maximum atomic E-state index is 11.2. The standard InChI is InChI=1S/C8H14O5S/c1-13-8(10)4-6-5-14(11,12)3-2-7(6)9/h6-7,9H,2-5H2,1H3/t6-,7+/m0/s1. The van der Waals surface area contributed by atoms with Crippen molar-refractivity contribution >= 4 is 15.8 Å². The molecule has 0 amide bonds. The molecular weight excluding hydrogens is 208 g/mol. The Bertz CT molecular complexity index is 308. The predicted molar refractivity (Wildman–Crippen MR) is 49.4 cm³/mol. The first-order valence-electron chi connectivity index (χ1n) is 4.40. The largest absolute Gasteiger partial charge is 0.469 e. The molecule has 2 atom stereocenters. The predicted octanol–water partition coefficient (Wildman–Crippen LogP) is -0.655. The van der Waals surface area contributed by atoms with Gasteiger partial charge in [0.05, 0.1) is 31.1 Å². The molecule has 1 saturated heterocycles. The molecule has 0 unspecified atom stereocenters. The molecule has 1 fully saturated rings. The number of aliphatic hydroxyl groups is 1. The summed E-state index contributed by atoms with van der Waals surface area (Å²) < 4.78 is 26.9. The van der Waals surface area contributed by atoms with Crippen LogP contribution in [0.1, 0.15) is 12.8 Å². The molecule has 1 N–H and O–H groups in total. The highest BCUT2D eigenvalue weighted by atomic mass is 32.2. The number of carbonyl (C=O) groups is 1. The van der Waals surface area contributed by atoms with E-state index >= 15 is 0 Å². The maximum Gasteiger partial charge on any atom is 0.305 e. The van der Waals surface area contributed by atoms with Crippen LogP contribution >= 0.6 is 0 Å². The van der Waals surface area contributed by atoms with Crippen LogP contribution in [0.3, 0.4) is 0 Å². The summed E-state index contributed by atoms with van der Waals surface area (Å²) in [5, 5.41) is 9.47. The van der Waals surface area contributed by atoms with Crippen molar-refractivity contribution < 1.29 is 23.1 Å². The molecular formula is C8H14O5S. The van der Waals surface area contributed by atoms with E-state index in [0.29, 0.717) is 0 Å². The smallest absolute Gasteiger partial charge is 0.305 e. The van der Waals surface area contributed by atoms with Crippen molar-refractivity contribution in [2.45, 2.75) is 18.9 Å². The summed E-state index contributed by atoms with van der Waals surface area (Å²) in [6.45, 7) is 0. The first-order valence-corrected chi connectivity index (χ1v) is 6.22. The fraction of sp³-hybridized carbons (Fsp3) is 0.875. The van der Waals surface area contributed by atoms with Crippen LogP contribution in [0.15, 0.2) is 0 Å². The zero-order valence-electron chi connectivity index (χ0n) is 7.97. The van der Waals surface area contributed by atoms with Gasteiger partial charge in [-0.25, -0.2) is 8.42 Å². The van der Waals surface area contributed by atoms with Gasteiger partial charge in [0.15, 0.2) is 9.84 Å². The topological polar surface area (TPSA) is 80.7 Å². The number of aliphatic hydroxyl groups excluding tert-OH is 1. The number of carbonyl (C=O) groups excluding carboxylic acids is 1. The normalized spacial score (nSPS) is 31.0. The molecule has 0 bridgehead atoms. The molecule has 1 aliphatic rings. The highest BCUT2D eigenvalue weighted by Gasteiger charge is 2.33. The van der Waals surface area contributed by atoms with Gasteiger partial charge < -0.3 is 9.84 Å². The second kappa shape index (κ2) is 4.27. The van der Waals surface area contributed by atoms with Crippen molar-refractivity contribution in [3.8, 4) is 0 Å². The van der Waals surface area contributed by atoms with Gasteiger partial charge in [-0.15, -0.1) is 0 Å².